The van der Waals surface area contributed by atoms with Gasteiger partial charge in [-0.05, 0) is 53.1 Å². The van der Waals surface area contributed by atoms with Crippen LogP contribution in [0.25, 0.3) is 120 Å². The minimum Gasteiger partial charge on any atom is -0.456 e. The van der Waals surface area contributed by atoms with E-state index in [9.17, 15) is 0 Å². The van der Waals surface area contributed by atoms with Crippen molar-refractivity contribution >= 4 is 75.4 Å². The summed E-state index contributed by atoms with van der Waals surface area (Å²) in [6.45, 7) is 0. The minimum absolute atomic E-state index is 0.593. The van der Waals surface area contributed by atoms with Crippen LogP contribution in [0, 0.1) is 0 Å². The Morgan fingerprint density at radius 2 is 0.895 bits per heavy atom. The highest BCUT2D eigenvalue weighted by molar-refractivity contribution is 7.26. The number of hydrogen-bond donors (Lipinski definition) is 0. The average molecular weight is 748 g/mol. The maximum absolute atomic E-state index is 6.95. The first-order valence-corrected chi connectivity index (χ1v) is 19.7. The molecular formula is C51H29N3O2S. The topological polar surface area (TPSA) is 65.0 Å². The van der Waals surface area contributed by atoms with Crippen LogP contribution in [0.4, 0.5) is 0 Å². The molecule has 12 aromatic rings. The summed E-state index contributed by atoms with van der Waals surface area (Å²) in [4.78, 5) is 15.2. The molecule has 5 nitrogen and oxygen atoms in total. The van der Waals surface area contributed by atoms with E-state index in [0.29, 0.717) is 17.5 Å². The van der Waals surface area contributed by atoms with Crippen molar-refractivity contribution in [2.75, 3.05) is 0 Å². The summed E-state index contributed by atoms with van der Waals surface area (Å²) in [5, 5.41) is 6.64. The highest BCUT2D eigenvalue weighted by atomic mass is 32.1. The lowest BCUT2D eigenvalue weighted by molar-refractivity contribution is 0.669. The zero-order valence-electron chi connectivity index (χ0n) is 30.3. The zero-order valence-corrected chi connectivity index (χ0v) is 31.1. The molecule has 6 heteroatoms. The van der Waals surface area contributed by atoms with Crippen LogP contribution < -0.4 is 0 Å². The molecule has 0 unspecified atom stereocenters. The molecule has 4 heterocycles. The van der Waals surface area contributed by atoms with Crippen LogP contribution in [-0.4, -0.2) is 15.0 Å². The van der Waals surface area contributed by atoms with E-state index in [1.807, 2.05) is 96.3 Å². The van der Waals surface area contributed by atoms with Crippen LogP contribution in [-0.2, 0) is 0 Å². The number of para-hydroxylation sites is 2. The fourth-order valence-corrected chi connectivity index (χ4v) is 9.58. The van der Waals surface area contributed by atoms with E-state index < -0.39 is 0 Å². The second-order valence-electron chi connectivity index (χ2n) is 14.3. The van der Waals surface area contributed by atoms with Crippen molar-refractivity contribution in [1.29, 1.82) is 0 Å². The molecule has 0 N–H and O–H groups in total. The van der Waals surface area contributed by atoms with Crippen LogP contribution in [0.3, 0.4) is 0 Å². The highest BCUT2D eigenvalue weighted by Crippen LogP contribution is 2.48. The Hall–Kier alpha value is -7.41. The van der Waals surface area contributed by atoms with Crippen molar-refractivity contribution in [3.05, 3.63) is 176 Å². The van der Waals surface area contributed by atoms with E-state index in [-0.39, 0.29) is 0 Å². The van der Waals surface area contributed by atoms with Crippen molar-refractivity contribution in [2.45, 2.75) is 0 Å². The molecule has 0 atom stereocenters. The maximum atomic E-state index is 6.95. The quantitative estimate of drug-likeness (QED) is 0.175. The Bertz CT molecular complexity index is 3470. The Labute approximate surface area is 330 Å². The summed E-state index contributed by atoms with van der Waals surface area (Å²) in [7, 11) is 0. The number of thiophene rings is 1. The standard InChI is InChI=1S/C51H29N3O2S/c1-3-14-30(15-4-1)49-52-50(31-16-5-2-6-17-31)54-51(53-49)38-23-13-26-42-46(38)37-22-11-21-34(48(37)56-42)39-28-32(29-44-47(39)36-19-8-10-27-43(36)57-44)33-20-12-25-41-45(33)35-18-7-9-24-40(35)55-41/h1-29H. The normalized spacial score (nSPS) is 11.9. The second kappa shape index (κ2) is 12.6. The van der Waals surface area contributed by atoms with Crippen LogP contribution >= 0.6 is 11.3 Å². The van der Waals surface area contributed by atoms with Crippen molar-refractivity contribution in [1.82, 2.24) is 15.0 Å². The van der Waals surface area contributed by atoms with Crippen molar-refractivity contribution in [3.8, 4) is 56.4 Å². The number of aromatic nitrogens is 3. The maximum Gasteiger partial charge on any atom is 0.164 e. The van der Waals surface area contributed by atoms with Crippen LogP contribution in [0.15, 0.2) is 185 Å². The average Bonchev–Trinajstić information content (AvgIpc) is 3.98. The van der Waals surface area contributed by atoms with Gasteiger partial charge in [-0.2, -0.15) is 0 Å². The molecule has 0 aliphatic rings. The number of furan rings is 2. The summed E-state index contributed by atoms with van der Waals surface area (Å²) >= 11 is 1.82. The van der Waals surface area contributed by atoms with Crippen LogP contribution in [0.5, 0.6) is 0 Å². The Morgan fingerprint density at radius 1 is 0.333 bits per heavy atom. The third-order valence-electron chi connectivity index (χ3n) is 10.9. The molecule has 8 aromatic carbocycles. The third-order valence-corrected chi connectivity index (χ3v) is 12.1. The molecule has 0 fully saturated rings. The van der Waals surface area contributed by atoms with Gasteiger partial charge in [-0.1, -0.05) is 140 Å². The number of fused-ring (bicyclic) bond motifs is 9. The van der Waals surface area contributed by atoms with Gasteiger partial charge in [-0.3, -0.25) is 0 Å². The molecule has 4 aromatic heterocycles. The number of nitrogens with zero attached hydrogens (tertiary/aromatic N) is 3. The van der Waals surface area contributed by atoms with Crippen LogP contribution in [0.2, 0.25) is 0 Å². The molecule has 12 rings (SSSR count). The molecule has 0 amide bonds. The van der Waals surface area contributed by atoms with Gasteiger partial charge in [0.15, 0.2) is 17.5 Å². The molecule has 0 radical (unpaired) electrons. The van der Waals surface area contributed by atoms with Gasteiger partial charge in [-0.25, -0.2) is 15.0 Å². The number of benzene rings is 8. The van der Waals surface area contributed by atoms with E-state index in [0.717, 1.165) is 82.8 Å². The molecule has 0 spiro atoms. The first-order chi connectivity index (χ1) is 28.2. The number of hydrogen-bond acceptors (Lipinski definition) is 6. The summed E-state index contributed by atoms with van der Waals surface area (Å²) in [5.41, 5.74) is 10.5. The van der Waals surface area contributed by atoms with Gasteiger partial charge in [-0.15, -0.1) is 11.3 Å². The predicted octanol–water partition coefficient (Wildman–Crippen LogP) is 14.4. The van der Waals surface area contributed by atoms with E-state index in [2.05, 4.69) is 91.0 Å². The Morgan fingerprint density at radius 3 is 1.67 bits per heavy atom. The van der Waals surface area contributed by atoms with E-state index >= 15 is 0 Å². The lowest BCUT2D eigenvalue weighted by Gasteiger charge is -2.11. The number of rotatable bonds is 5. The molecular weight excluding hydrogens is 719 g/mol. The Balaban J connectivity index is 1.12. The van der Waals surface area contributed by atoms with Crippen LogP contribution in [0.1, 0.15) is 0 Å². The molecule has 57 heavy (non-hydrogen) atoms. The molecule has 0 saturated heterocycles. The minimum atomic E-state index is 0.593. The fraction of sp³-hybridized carbons (Fsp3) is 0. The predicted molar refractivity (Wildman–Crippen MR) is 234 cm³/mol. The molecule has 0 bridgehead atoms. The first kappa shape index (κ1) is 31.9. The molecule has 0 saturated carbocycles. The molecule has 0 aliphatic heterocycles. The van der Waals surface area contributed by atoms with Gasteiger partial charge < -0.3 is 8.83 Å². The monoisotopic (exact) mass is 747 g/mol. The van der Waals surface area contributed by atoms with Gasteiger partial charge in [0.1, 0.15) is 22.3 Å². The zero-order chi connectivity index (χ0) is 37.5. The largest absolute Gasteiger partial charge is 0.456 e. The van der Waals surface area contributed by atoms with Gasteiger partial charge in [0.05, 0.1) is 0 Å². The van der Waals surface area contributed by atoms with E-state index in [1.165, 1.54) is 20.2 Å². The van der Waals surface area contributed by atoms with Crippen molar-refractivity contribution in [3.63, 3.8) is 0 Å². The summed E-state index contributed by atoms with van der Waals surface area (Å²) < 4.78 is 15.8. The summed E-state index contributed by atoms with van der Waals surface area (Å²) in [5.74, 6) is 1.83. The fourth-order valence-electron chi connectivity index (χ4n) is 8.41. The SMILES string of the molecule is c1ccc(-c2nc(-c3ccccc3)nc(-c3cccc4oc5c(-c6cc(-c7cccc8oc9ccccc9c78)cc7sc8ccccc8c67)cccc5c34)n2)cc1. The third kappa shape index (κ3) is 5.04. The van der Waals surface area contributed by atoms with Gasteiger partial charge >= 0.3 is 0 Å². The molecule has 0 aliphatic carbocycles. The van der Waals surface area contributed by atoms with Gasteiger partial charge in [0.2, 0.25) is 0 Å². The van der Waals surface area contributed by atoms with Crippen molar-refractivity contribution < 1.29 is 8.83 Å². The van der Waals surface area contributed by atoms with E-state index in [1.54, 1.807) is 0 Å². The molecule has 266 valence electrons. The first-order valence-electron chi connectivity index (χ1n) is 18.9. The lowest BCUT2D eigenvalue weighted by atomic mass is 9.92. The second-order valence-corrected chi connectivity index (χ2v) is 15.4. The smallest absolute Gasteiger partial charge is 0.164 e. The Kier molecular flexibility index (Phi) is 7.03. The van der Waals surface area contributed by atoms with Crippen molar-refractivity contribution in [2.24, 2.45) is 0 Å². The lowest BCUT2D eigenvalue weighted by Crippen LogP contribution is -2.00. The summed E-state index contributed by atoms with van der Waals surface area (Å²) in [6.07, 6.45) is 0. The van der Waals surface area contributed by atoms with Gasteiger partial charge in [0.25, 0.3) is 0 Å². The highest BCUT2D eigenvalue weighted by Gasteiger charge is 2.23. The van der Waals surface area contributed by atoms with E-state index in [4.69, 9.17) is 23.8 Å². The summed E-state index contributed by atoms with van der Waals surface area (Å²) in [6, 6.07) is 60.8. The van der Waals surface area contributed by atoms with Gasteiger partial charge in [0, 0.05) is 64.0 Å².